The zero-order valence-electron chi connectivity index (χ0n) is 13.2. The van der Waals surface area contributed by atoms with Gasteiger partial charge in [0.2, 0.25) is 0 Å². The zero-order chi connectivity index (χ0) is 16.2. The molecule has 0 fully saturated rings. The molecule has 0 bridgehead atoms. The highest BCUT2D eigenvalue weighted by molar-refractivity contribution is 5.74. The van der Waals surface area contributed by atoms with Crippen molar-refractivity contribution in [1.82, 2.24) is 20.2 Å². The van der Waals surface area contributed by atoms with Crippen molar-refractivity contribution in [3.05, 3.63) is 83.4 Å². The number of benzene rings is 2. The molecule has 0 amide bonds. The van der Waals surface area contributed by atoms with Gasteiger partial charge in [-0.15, -0.1) is 0 Å². The van der Waals surface area contributed by atoms with E-state index in [4.69, 9.17) is 0 Å². The van der Waals surface area contributed by atoms with Crippen LogP contribution in [0.4, 0.5) is 0 Å². The highest BCUT2D eigenvalue weighted by Gasteiger charge is 2.04. The van der Waals surface area contributed by atoms with Crippen molar-refractivity contribution in [3.8, 4) is 0 Å². The van der Waals surface area contributed by atoms with Gasteiger partial charge in [0, 0.05) is 12.1 Å². The molecule has 4 rings (SSSR count). The lowest BCUT2D eigenvalue weighted by Gasteiger charge is -1.93. The summed E-state index contributed by atoms with van der Waals surface area (Å²) in [6.07, 6.45) is 5.83. The second kappa shape index (κ2) is 6.54. The van der Waals surface area contributed by atoms with E-state index in [9.17, 15) is 0 Å². The monoisotopic (exact) mass is 314 g/mol. The second-order valence-corrected chi connectivity index (χ2v) is 5.76. The number of imidazole rings is 1. The first-order chi connectivity index (χ1) is 11.9. The minimum absolute atomic E-state index is 0.860. The summed E-state index contributed by atoms with van der Waals surface area (Å²) in [5.74, 6) is 1.01. The van der Waals surface area contributed by atoms with Crippen molar-refractivity contribution in [2.75, 3.05) is 0 Å². The van der Waals surface area contributed by atoms with Crippen LogP contribution in [0.25, 0.3) is 23.2 Å². The topological polar surface area (TPSA) is 57.4 Å². The quantitative estimate of drug-likeness (QED) is 0.579. The number of fused-ring (bicyclic) bond motifs is 1. The van der Waals surface area contributed by atoms with E-state index in [1.807, 2.05) is 42.5 Å². The normalized spacial score (nSPS) is 11.5. The fourth-order valence-corrected chi connectivity index (χ4v) is 2.72. The smallest absolute Gasteiger partial charge is 0.107 e. The Hall–Kier alpha value is -3.14. The van der Waals surface area contributed by atoms with Crippen LogP contribution in [0.2, 0.25) is 0 Å². The summed E-state index contributed by atoms with van der Waals surface area (Å²) < 4.78 is 0. The Labute approximate surface area is 140 Å². The van der Waals surface area contributed by atoms with Crippen molar-refractivity contribution in [2.24, 2.45) is 0 Å². The minimum Gasteiger partial charge on any atom is -0.342 e. The van der Waals surface area contributed by atoms with E-state index in [2.05, 4.69) is 50.5 Å². The van der Waals surface area contributed by atoms with Crippen LogP contribution < -0.4 is 0 Å². The number of rotatable bonds is 5. The molecule has 2 heterocycles. The molecule has 4 heteroatoms. The Balaban J connectivity index is 1.41. The highest BCUT2D eigenvalue weighted by atomic mass is 15.1. The van der Waals surface area contributed by atoms with Crippen molar-refractivity contribution in [3.63, 3.8) is 0 Å². The van der Waals surface area contributed by atoms with E-state index in [0.717, 1.165) is 41.1 Å². The Kier molecular flexibility index (Phi) is 3.94. The van der Waals surface area contributed by atoms with Crippen molar-refractivity contribution >= 4 is 23.2 Å². The molecule has 0 aliphatic heterocycles. The summed E-state index contributed by atoms with van der Waals surface area (Å²) in [6.45, 7) is 0. The molecule has 2 aromatic carbocycles. The molecular formula is C20H18N4. The maximum absolute atomic E-state index is 4.61. The van der Waals surface area contributed by atoms with Gasteiger partial charge in [0.1, 0.15) is 5.82 Å². The number of nitrogens with one attached hydrogen (secondary N) is 2. The van der Waals surface area contributed by atoms with E-state index in [1.54, 1.807) is 0 Å². The fourth-order valence-electron chi connectivity index (χ4n) is 2.72. The summed E-state index contributed by atoms with van der Waals surface area (Å²) in [7, 11) is 0. The van der Waals surface area contributed by atoms with Crippen LogP contribution in [-0.4, -0.2) is 20.2 Å². The maximum Gasteiger partial charge on any atom is 0.107 e. The van der Waals surface area contributed by atoms with Crippen LogP contribution in [0.5, 0.6) is 0 Å². The minimum atomic E-state index is 0.860. The predicted molar refractivity (Wildman–Crippen MR) is 97.5 cm³/mol. The molecule has 2 aromatic heterocycles. The van der Waals surface area contributed by atoms with Crippen LogP contribution in [-0.2, 0) is 12.8 Å². The van der Waals surface area contributed by atoms with E-state index in [-0.39, 0.29) is 0 Å². The van der Waals surface area contributed by atoms with Gasteiger partial charge in [-0.05, 0) is 36.3 Å². The molecule has 4 nitrogen and oxygen atoms in total. The lowest BCUT2D eigenvalue weighted by atomic mass is 10.2. The van der Waals surface area contributed by atoms with Gasteiger partial charge in [-0.3, -0.25) is 5.10 Å². The third-order valence-electron chi connectivity index (χ3n) is 3.97. The van der Waals surface area contributed by atoms with E-state index >= 15 is 0 Å². The molecular weight excluding hydrogens is 296 g/mol. The first kappa shape index (κ1) is 14.5. The maximum atomic E-state index is 4.61. The molecule has 24 heavy (non-hydrogen) atoms. The lowest BCUT2D eigenvalue weighted by Crippen LogP contribution is -1.93. The molecule has 0 radical (unpaired) electrons. The van der Waals surface area contributed by atoms with Crippen LogP contribution >= 0.6 is 0 Å². The van der Waals surface area contributed by atoms with Crippen molar-refractivity contribution < 1.29 is 0 Å². The summed E-state index contributed by atoms with van der Waals surface area (Å²) in [5, 5.41) is 7.45. The number of hydrogen-bond donors (Lipinski definition) is 2. The van der Waals surface area contributed by atoms with Gasteiger partial charge in [-0.2, -0.15) is 5.10 Å². The van der Waals surface area contributed by atoms with Crippen LogP contribution in [0.3, 0.4) is 0 Å². The van der Waals surface area contributed by atoms with Gasteiger partial charge in [0.15, 0.2) is 0 Å². The molecule has 0 atom stereocenters. The van der Waals surface area contributed by atoms with Gasteiger partial charge < -0.3 is 4.98 Å². The molecule has 2 N–H and O–H groups in total. The number of H-pyrrole nitrogens is 2. The van der Waals surface area contributed by atoms with Gasteiger partial charge >= 0.3 is 0 Å². The molecule has 118 valence electrons. The Morgan fingerprint density at radius 3 is 2.58 bits per heavy atom. The van der Waals surface area contributed by atoms with Crippen LogP contribution in [0.15, 0.2) is 60.7 Å². The summed E-state index contributed by atoms with van der Waals surface area (Å²) in [4.78, 5) is 7.97. The number of hydrogen-bond acceptors (Lipinski definition) is 2. The molecule has 0 saturated carbocycles. The van der Waals surface area contributed by atoms with Crippen molar-refractivity contribution in [2.45, 2.75) is 12.8 Å². The molecule has 0 spiro atoms. The predicted octanol–water partition coefficient (Wildman–Crippen LogP) is 4.24. The molecule has 0 saturated heterocycles. The third kappa shape index (κ3) is 3.27. The summed E-state index contributed by atoms with van der Waals surface area (Å²) in [6, 6.07) is 20.4. The Bertz CT molecular complexity index is 930. The van der Waals surface area contributed by atoms with Gasteiger partial charge in [0.05, 0.1) is 16.7 Å². The van der Waals surface area contributed by atoms with Crippen molar-refractivity contribution in [1.29, 1.82) is 0 Å². The first-order valence-electron chi connectivity index (χ1n) is 8.08. The van der Waals surface area contributed by atoms with Crippen LogP contribution in [0.1, 0.15) is 22.8 Å². The third-order valence-corrected chi connectivity index (χ3v) is 3.97. The number of aryl methyl sites for hydroxylation is 2. The molecule has 0 unspecified atom stereocenters. The average molecular weight is 314 g/mol. The van der Waals surface area contributed by atoms with E-state index in [1.165, 1.54) is 5.56 Å². The second-order valence-electron chi connectivity index (χ2n) is 5.76. The SMILES string of the molecule is C(=C\c1cc(CCc2nc3ccccc3[nH]2)[nH]n1)/c1ccccc1. The first-order valence-corrected chi connectivity index (χ1v) is 8.08. The highest BCUT2D eigenvalue weighted by Crippen LogP contribution is 2.13. The largest absolute Gasteiger partial charge is 0.342 e. The summed E-state index contributed by atoms with van der Waals surface area (Å²) in [5.41, 5.74) is 5.33. The van der Waals surface area contributed by atoms with Gasteiger partial charge in [-0.1, -0.05) is 48.5 Å². The molecule has 4 aromatic rings. The van der Waals surface area contributed by atoms with Crippen LogP contribution in [0, 0.1) is 0 Å². The number of para-hydroxylation sites is 2. The lowest BCUT2D eigenvalue weighted by molar-refractivity contribution is 0.849. The summed E-state index contributed by atoms with van der Waals surface area (Å²) >= 11 is 0. The average Bonchev–Trinajstić information content (AvgIpc) is 3.25. The fraction of sp³-hybridized carbons (Fsp3) is 0.100. The Morgan fingerprint density at radius 2 is 1.71 bits per heavy atom. The van der Waals surface area contributed by atoms with E-state index in [0.29, 0.717) is 0 Å². The van der Waals surface area contributed by atoms with Gasteiger partial charge in [-0.25, -0.2) is 4.98 Å². The Morgan fingerprint density at radius 1 is 0.875 bits per heavy atom. The number of aromatic amines is 2. The van der Waals surface area contributed by atoms with Gasteiger partial charge in [0.25, 0.3) is 0 Å². The number of aromatic nitrogens is 4. The standard InChI is InChI=1S/C20H18N4/c1-2-6-15(7-3-1)10-11-16-14-17(24-23-16)12-13-20-21-18-8-4-5-9-19(18)22-20/h1-11,14H,12-13H2,(H,21,22)(H,23,24)/b11-10+. The zero-order valence-corrected chi connectivity index (χ0v) is 13.2. The molecule has 0 aliphatic rings. The van der Waals surface area contributed by atoms with E-state index < -0.39 is 0 Å². The number of nitrogens with zero attached hydrogens (tertiary/aromatic N) is 2. The molecule has 0 aliphatic carbocycles.